The monoisotopic (exact) mass is 238 g/mol. The average Bonchev–Trinajstić information content (AvgIpc) is 2.25. The standard InChI is InChI=1S/C10H14N4OS/c1-7(2)14(5-9(11)16)10(15)8-3-12-6-13-4-8/h3-4,6-7H,5H2,1-2H3,(H2,11,16). The highest BCUT2D eigenvalue weighted by Crippen LogP contribution is 2.06. The van der Waals surface area contributed by atoms with Crippen molar-refractivity contribution in [3.63, 3.8) is 0 Å². The summed E-state index contributed by atoms with van der Waals surface area (Å²) in [6, 6.07) is 0.0224. The second-order valence-electron chi connectivity index (χ2n) is 3.62. The van der Waals surface area contributed by atoms with Crippen LogP contribution in [-0.4, -0.2) is 38.4 Å². The van der Waals surface area contributed by atoms with Gasteiger partial charge in [-0.25, -0.2) is 9.97 Å². The van der Waals surface area contributed by atoms with Crippen LogP contribution < -0.4 is 5.73 Å². The number of hydrogen-bond acceptors (Lipinski definition) is 4. The molecule has 0 saturated carbocycles. The first-order valence-electron chi connectivity index (χ1n) is 4.86. The molecule has 86 valence electrons. The van der Waals surface area contributed by atoms with Crippen LogP contribution in [0.2, 0.25) is 0 Å². The molecule has 0 bridgehead atoms. The second kappa shape index (κ2) is 5.50. The highest BCUT2D eigenvalue weighted by atomic mass is 32.1. The van der Waals surface area contributed by atoms with E-state index in [1.807, 2.05) is 13.8 Å². The third-order valence-electron chi connectivity index (χ3n) is 2.02. The van der Waals surface area contributed by atoms with Crippen molar-refractivity contribution in [2.24, 2.45) is 5.73 Å². The van der Waals surface area contributed by atoms with Crippen molar-refractivity contribution in [3.8, 4) is 0 Å². The van der Waals surface area contributed by atoms with Crippen molar-refractivity contribution in [3.05, 3.63) is 24.3 Å². The van der Waals surface area contributed by atoms with Crippen LogP contribution in [-0.2, 0) is 0 Å². The highest BCUT2D eigenvalue weighted by Gasteiger charge is 2.19. The number of amides is 1. The normalized spacial score (nSPS) is 10.2. The van der Waals surface area contributed by atoms with Crippen LogP contribution in [0.1, 0.15) is 24.2 Å². The lowest BCUT2D eigenvalue weighted by atomic mass is 10.2. The summed E-state index contributed by atoms with van der Waals surface area (Å²) in [6.07, 6.45) is 4.33. The number of thiocarbonyl (C=S) groups is 1. The van der Waals surface area contributed by atoms with Gasteiger partial charge < -0.3 is 10.6 Å². The summed E-state index contributed by atoms with van der Waals surface area (Å²) in [5.74, 6) is -0.164. The van der Waals surface area contributed by atoms with E-state index in [0.717, 1.165) is 0 Å². The Morgan fingerprint density at radius 1 is 1.50 bits per heavy atom. The maximum absolute atomic E-state index is 12.1. The van der Waals surface area contributed by atoms with Crippen LogP contribution >= 0.6 is 12.2 Å². The summed E-state index contributed by atoms with van der Waals surface area (Å²) in [4.78, 5) is 21.5. The van der Waals surface area contributed by atoms with Gasteiger partial charge >= 0.3 is 0 Å². The lowest BCUT2D eigenvalue weighted by molar-refractivity contribution is 0.0735. The smallest absolute Gasteiger partial charge is 0.257 e. The lowest BCUT2D eigenvalue weighted by Crippen LogP contribution is -2.42. The topological polar surface area (TPSA) is 72.1 Å². The molecule has 5 nitrogen and oxygen atoms in total. The SMILES string of the molecule is CC(C)N(CC(N)=S)C(=O)c1cncnc1. The third-order valence-corrected chi connectivity index (χ3v) is 2.15. The summed E-state index contributed by atoms with van der Waals surface area (Å²) in [7, 11) is 0. The van der Waals surface area contributed by atoms with Gasteiger partial charge in [0.25, 0.3) is 5.91 Å². The van der Waals surface area contributed by atoms with Crippen LogP contribution in [0, 0.1) is 0 Å². The van der Waals surface area contributed by atoms with Crippen molar-refractivity contribution < 1.29 is 4.79 Å². The zero-order valence-corrected chi connectivity index (χ0v) is 10.1. The summed E-state index contributed by atoms with van der Waals surface area (Å²) < 4.78 is 0. The van der Waals surface area contributed by atoms with Gasteiger partial charge in [-0.05, 0) is 13.8 Å². The van der Waals surface area contributed by atoms with Crippen LogP contribution in [0.3, 0.4) is 0 Å². The van der Waals surface area contributed by atoms with E-state index in [1.54, 1.807) is 4.90 Å². The van der Waals surface area contributed by atoms with E-state index in [1.165, 1.54) is 18.7 Å². The minimum absolute atomic E-state index is 0.0224. The average molecular weight is 238 g/mol. The van der Waals surface area contributed by atoms with Gasteiger partial charge in [0.05, 0.1) is 17.1 Å². The fourth-order valence-electron chi connectivity index (χ4n) is 1.23. The van der Waals surface area contributed by atoms with Gasteiger partial charge in [0.2, 0.25) is 0 Å². The van der Waals surface area contributed by atoms with Gasteiger partial charge in [-0.1, -0.05) is 12.2 Å². The fraction of sp³-hybridized carbons (Fsp3) is 0.400. The van der Waals surface area contributed by atoms with Gasteiger partial charge in [-0.2, -0.15) is 0 Å². The van der Waals surface area contributed by atoms with E-state index in [-0.39, 0.29) is 18.5 Å². The van der Waals surface area contributed by atoms with Gasteiger partial charge in [0.15, 0.2) is 0 Å². The molecule has 0 saturated heterocycles. The first kappa shape index (κ1) is 12.5. The zero-order valence-electron chi connectivity index (χ0n) is 9.25. The van der Waals surface area contributed by atoms with E-state index in [4.69, 9.17) is 18.0 Å². The summed E-state index contributed by atoms with van der Waals surface area (Å²) in [5, 5.41) is 0. The molecule has 0 aliphatic rings. The predicted molar refractivity (Wildman–Crippen MR) is 65.0 cm³/mol. The van der Waals surface area contributed by atoms with Gasteiger partial charge in [0.1, 0.15) is 6.33 Å². The van der Waals surface area contributed by atoms with Crippen LogP contribution in [0.5, 0.6) is 0 Å². The summed E-state index contributed by atoms with van der Waals surface area (Å²) in [6.45, 7) is 4.07. The van der Waals surface area contributed by atoms with E-state index < -0.39 is 0 Å². The maximum Gasteiger partial charge on any atom is 0.257 e. The number of nitrogens with two attached hydrogens (primary N) is 1. The Labute approximate surface area is 99.7 Å². The lowest BCUT2D eigenvalue weighted by Gasteiger charge is -2.25. The second-order valence-corrected chi connectivity index (χ2v) is 4.14. The number of carbonyl (C=O) groups excluding carboxylic acids is 1. The fourth-order valence-corrected chi connectivity index (χ4v) is 1.37. The quantitative estimate of drug-likeness (QED) is 0.778. The molecule has 0 aliphatic carbocycles. The van der Waals surface area contributed by atoms with Crippen LogP contribution in [0.25, 0.3) is 0 Å². The Hall–Kier alpha value is -1.56. The zero-order chi connectivity index (χ0) is 12.1. The van der Waals surface area contributed by atoms with E-state index >= 15 is 0 Å². The molecular weight excluding hydrogens is 224 g/mol. The molecule has 0 aliphatic heterocycles. The molecule has 16 heavy (non-hydrogen) atoms. The highest BCUT2D eigenvalue weighted by molar-refractivity contribution is 7.80. The maximum atomic E-state index is 12.1. The van der Waals surface area contributed by atoms with Crippen LogP contribution in [0.15, 0.2) is 18.7 Å². The molecule has 0 aromatic carbocycles. The van der Waals surface area contributed by atoms with Crippen molar-refractivity contribution in [2.45, 2.75) is 19.9 Å². The van der Waals surface area contributed by atoms with Gasteiger partial charge in [-0.15, -0.1) is 0 Å². The molecule has 1 aromatic heterocycles. The number of hydrogen-bond donors (Lipinski definition) is 1. The minimum Gasteiger partial charge on any atom is -0.392 e. The molecule has 6 heteroatoms. The van der Waals surface area contributed by atoms with E-state index in [0.29, 0.717) is 10.6 Å². The Bertz CT molecular complexity index is 380. The number of aromatic nitrogens is 2. The molecule has 0 radical (unpaired) electrons. The molecule has 2 N–H and O–H groups in total. The van der Waals surface area contributed by atoms with Crippen molar-refractivity contribution in [2.75, 3.05) is 6.54 Å². The Balaban J connectivity index is 2.88. The van der Waals surface area contributed by atoms with E-state index in [9.17, 15) is 4.79 Å². The molecule has 0 atom stereocenters. The molecule has 0 unspecified atom stereocenters. The van der Waals surface area contributed by atoms with Gasteiger partial charge in [0, 0.05) is 18.4 Å². The number of carbonyl (C=O) groups is 1. The Morgan fingerprint density at radius 3 is 2.50 bits per heavy atom. The first-order chi connectivity index (χ1) is 7.52. The first-order valence-corrected chi connectivity index (χ1v) is 5.27. The summed E-state index contributed by atoms with van der Waals surface area (Å²) >= 11 is 4.81. The number of nitrogens with zero attached hydrogens (tertiary/aromatic N) is 3. The molecule has 1 rings (SSSR count). The molecule has 1 aromatic rings. The molecule has 0 spiro atoms. The van der Waals surface area contributed by atoms with Crippen molar-refractivity contribution in [1.82, 2.24) is 14.9 Å². The van der Waals surface area contributed by atoms with Crippen molar-refractivity contribution in [1.29, 1.82) is 0 Å². The summed E-state index contributed by atoms with van der Waals surface area (Å²) in [5.41, 5.74) is 5.89. The molecule has 1 amide bonds. The Morgan fingerprint density at radius 2 is 2.06 bits per heavy atom. The predicted octanol–water partition coefficient (Wildman–Crippen LogP) is 0.613. The largest absolute Gasteiger partial charge is 0.392 e. The van der Waals surface area contributed by atoms with Crippen molar-refractivity contribution >= 4 is 23.1 Å². The Kier molecular flexibility index (Phi) is 4.30. The number of rotatable bonds is 4. The minimum atomic E-state index is -0.164. The third kappa shape index (κ3) is 3.23. The molecular formula is C10H14N4OS. The molecule has 1 heterocycles. The molecule has 0 fully saturated rings. The van der Waals surface area contributed by atoms with Crippen LogP contribution in [0.4, 0.5) is 0 Å². The van der Waals surface area contributed by atoms with Gasteiger partial charge in [-0.3, -0.25) is 4.79 Å². The van der Waals surface area contributed by atoms with E-state index in [2.05, 4.69) is 9.97 Å².